The first kappa shape index (κ1) is 68.2. The first-order valence-electron chi connectivity index (χ1n) is 31.3. The standard InChI is InChI=1S/C31H44N8O4.C27H37N7O5S.C5H11NO/c1-20(2)25-18-33-39-26(25)36-28(35-23-11-14-42-15-12-23)37-29(39)32-17-21-8-6-9-22(16-21)27(40)34-24-10-7-13-38(19-24)30(41)43-31(3,4)5;1-17(2)21-15-29-34-22(21)31-25(40(6,37)38)32-24(34)28-14-18-9-7-10-19(13-18)23(35)30-20-11-8-12-33(16-20)26(36)39-27(3,4)5;6-5-1-3-7-4-2-5/h6,8-9,16,18,20,23-24H,7,10-15,17,19H2,1-5H3,(H,34,40)(H2,32,35,36,37);7,9-10,13,15,17,20H,8,11-12,14,16H2,1-6H3,(H,30,35)(H,28,31,32);5H,1-4,6H2/t24-;20-;/m00./s1. The molecule has 7 N–H and O–H groups in total. The van der Waals surface area contributed by atoms with Crippen molar-refractivity contribution in [1.29, 1.82) is 0 Å². The van der Waals surface area contributed by atoms with E-state index in [1.165, 1.54) is 4.52 Å². The summed E-state index contributed by atoms with van der Waals surface area (Å²) in [7, 11) is -3.66. The number of fused-ring (bicyclic) bond motifs is 2. The van der Waals surface area contributed by atoms with E-state index in [1.54, 1.807) is 44.8 Å². The molecule has 0 radical (unpaired) electrons. The number of rotatable bonds is 15. The van der Waals surface area contributed by atoms with Crippen LogP contribution in [0.15, 0.2) is 66.1 Å². The number of hydrogen-bond donors (Lipinski definition) is 6. The Bertz CT molecular complexity index is 3530. The van der Waals surface area contributed by atoms with Crippen molar-refractivity contribution in [1.82, 2.24) is 59.6 Å². The number of amides is 4. The third-order valence-corrected chi connectivity index (χ3v) is 16.1. The molecule has 0 saturated carbocycles. The van der Waals surface area contributed by atoms with Crippen LogP contribution in [0.3, 0.4) is 0 Å². The van der Waals surface area contributed by atoms with Crippen molar-refractivity contribution < 1.29 is 46.5 Å². The molecule has 8 heterocycles. The van der Waals surface area contributed by atoms with Crippen LogP contribution >= 0.6 is 0 Å². The highest BCUT2D eigenvalue weighted by Gasteiger charge is 2.31. The molecule has 26 nitrogen and oxygen atoms in total. The summed E-state index contributed by atoms with van der Waals surface area (Å²) in [6.07, 6.45) is 10.9. The van der Waals surface area contributed by atoms with E-state index in [9.17, 15) is 27.6 Å². The van der Waals surface area contributed by atoms with Crippen LogP contribution in [0.2, 0.25) is 0 Å². The molecular weight excluding hydrogens is 1170 g/mol. The Labute approximate surface area is 527 Å². The highest BCUT2D eigenvalue weighted by molar-refractivity contribution is 7.90. The summed E-state index contributed by atoms with van der Waals surface area (Å²) in [5, 5.41) is 24.8. The molecule has 0 bridgehead atoms. The molecule has 10 rings (SSSR count). The maximum Gasteiger partial charge on any atom is 0.410 e. The first-order valence-corrected chi connectivity index (χ1v) is 33.2. The van der Waals surface area contributed by atoms with Gasteiger partial charge in [0.05, 0.1) is 12.4 Å². The number of sulfone groups is 1. The molecule has 4 aromatic heterocycles. The molecule has 4 saturated heterocycles. The Balaban J connectivity index is 0.000000210. The van der Waals surface area contributed by atoms with Gasteiger partial charge >= 0.3 is 12.2 Å². The number of nitrogens with two attached hydrogens (primary N) is 1. The number of likely N-dealkylation sites (tertiary alicyclic amines) is 2. The molecule has 2 aromatic carbocycles. The van der Waals surface area contributed by atoms with E-state index in [0.29, 0.717) is 67.4 Å². The molecule has 4 amide bonds. The van der Waals surface area contributed by atoms with Gasteiger partial charge in [-0.1, -0.05) is 52.0 Å². The Kier molecular flexibility index (Phi) is 23.0. The van der Waals surface area contributed by atoms with Crippen LogP contribution in [0.1, 0.15) is 175 Å². The van der Waals surface area contributed by atoms with Gasteiger partial charge in [0.25, 0.3) is 17.0 Å². The van der Waals surface area contributed by atoms with Crippen molar-refractivity contribution in [3.63, 3.8) is 0 Å². The van der Waals surface area contributed by atoms with Crippen LogP contribution in [0, 0.1) is 0 Å². The summed E-state index contributed by atoms with van der Waals surface area (Å²) in [6.45, 7) is 25.1. The second-order valence-electron chi connectivity index (χ2n) is 26.0. The van der Waals surface area contributed by atoms with Crippen LogP contribution < -0.4 is 32.3 Å². The van der Waals surface area contributed by atoms with Gasteiger partial charge in [0.15, 0.2) is 11.3 Å². The van der Waals surface area contributed by atoms with Crippen LogP contribution in [0.4, 0.5) is 27.4 Å². The van der Waals surface area contributed by atoms with Crippen LogP contribution in [-0.2, 0) is 41.9 Å². The predicted molar refractivity (Wildman–Crippen MR) is 342 cm³/mol. The molecule has 2 atom stereocenters. The van der Waals surface area contributed by atoms with Gasteiger partial charge in [-0.3, -0.25) is 9.59 Å². The minimum atomic E-state index is -3.66. The first-order chi connectivity index (χ1) is 42.7. The molecule has 4 aliphatic heterocycles. The van der Waals surface area contributed by atoms with E-state index >= 15 is 0 Å². The highest BCUT2D eigenvalue weighted by atomic mass is 32.2. The minimum absolute atomic E-state index is 0.0863. The molecule has 0 spiro atoms. The maximum absolute atomic E-state index is 13.2. The van der Waals surface area contributed by atoms with Crippen molar-refractivity contribution >= 4 is 63.0 Å². The summed E-state index contributed by atoms with van der Waals surface area (Å²) in [5.74, 6) is 1.30. The van der Waals surface area contributed by atoms with Crippen molar-refractivity contribution in [2.45, 2.75) is 186 Å². The third kappa shape index (κ3) is 19.6. The lowest BCUT2D eigenvalue weighted by atomic mass is 10.0. The molecule has 6 aromatic rings. The quantitative estimate of drug-likeness (QED) is 0.0565. The minimum Gasteiger partial charge on any atom is -0.444 e. The molecule has 4 aliphatic rings. The molecular formula is C63H92N16O10S. The van der Waals surface area contributed by atoms with E-state index in [2.05, 4.69) is 60.6 Å². The number of aromatic nitrogens is 8. The lowest BCUT2D eigenvalue weighted by Gasteiger charge is -2.34. The Hall–Kier alpha value is -7.75. The van der Waals surface area contributed by atoms with Gasteiger partial charge in [-0.15, -0.1) is 0 Å². The topological polar surface area (TPSA) is 318 Å². The van der Waals surface area contributed by atoms with E-state index in [0.717, 1.165) is 112 Å². The fourth-order valence-corrected chi connectivity index (χ4v) is 11.0. The number of benzene rings is 2. The fourth-order valence-electron chi connectivity index (χ4n) is 10.5. The van der Waals surface area contributed by atoms with Crippen molar-refractivity contribution in [2.75, 3.05) is 74.8 Å². The van der Waals surface area contributed by atoms with Gasteiger partial charge in [0.2, 0.25) is 27.7 Å². The van der Waals surface area contributed by atoms with Gasteiger partial charge in [-0.25, -0.2) is 18.0 Å². The molecule has 0 aliphatic carbocycles. The molecule has 90 heavy (non-hydrogen) atoms. The van der Waals surface area contributed by atoms with Crippen molar-refractivity contribution in [2.24, 2.45) is 5.73 Å². The Morgan fingerprint density at radius 1 is 0.622 bits per heavy atom. The Morgan fingerprint density at radius 3 is 1.49 bits per heavy atom. The average molecular weight is 1270 g/mol. The van der Waals surface area contributed by atoms with Crippen molar-refractivity contribution in [3.05, 3.63) is 94.3 Å². The van der Waals surface area contributed by atoms with Crippen LogP contribution in [-0.4, -0.2) is 176 Å². The molecule has 27 heteroatoms. The smallest absolute Gasteiger partial charge is 0.410 e. The van der Waals surface area contributed by atoms with E-state index in [-0.39, 0.29) is 71.6 Å². The number of ether oxygens (including phenoxy) is 4. The Morgan fingerprint density at radius 2 is 1.07 bits per heavy atom. The normalized spacial score (nSPS) is 17.8. The van der Waals surface area contributed by atoms with E-state index in [4.69, 9.17) is 34.6 Å². The van der Waals surface area contributed by atoms with Gasteiger partial charge < -0.3 is 61.1 Å². The van der Waals surface area contributed by atoms with Crippen LogP contribution in [0.25, 0.3) is 11.3 Å². The van der Waals surface area contributed by atoms with Gasteiger partial charge in [0, 0.05) is 118 Å². The van der Waals surface area contributed by atoms with E-state index in [1.807, 2.05) is 85.9 Å². The average Bonchev–Trinajstić information content (AvgIpc) is 1.93. The number of carbonyl (C=O) groups excluding carboxylic acids is 4. The second kappa shape index (κ2) is 30.4. The predicted octanol–water partition coefficient (Wildman–Crippen LogP) is 8.10. The van der Waals surface area contributed by atoms with Gasteiger partial charge in [-0.2, -0.15) is 39.2 Å². The molecule has 0 unspecified atom stereocenters. The number of nitrogens with zero attached hydrogens (tertiary/aromatic N) is 10. The largest absolute Gasteiger partial charge is 0.444 e. The number of carbonyl (C=O) groups is 4. The SMILES string of the molecule is CC(C)c1cnn2c(NCc3cccc(C(=O)N[C@H]4CCCN(C(=O)OC(C)(C)C)C4)c3)nc(NC3CCOCC3)nc12.CC(C)c1cnn2c(NCc3cccc(C(=O)N[C@H]4CCCN(C(=O)OC(C)(C)C)C4)c3)nc(S(C)(=O)=O)nc12.NC1CCOCC1. The number of nitrogens with one attached hydrogen (secondary N) is 5. The number of anilines is 3. The maximum atomic E-state index is 13.2. The third-order valence-electron chi connectivity index (χ3n) is 15.3. The summed E-state index contributed by atoms with van der Waals surface area (Å²) in [4.78, 5) is 72.6. The fraction of sp³-hybridized carbons (Fsp3) is 0.587. The zero-order chi connectivity index (χ0) is 64.9. The lowest BCUT2D eigenvalue weighted by molar-refractivity contribution is 0.0178. The molecule has 490 valence electrons. The molecule has 4 fully saturated rings. The van der Waals surface area contributed by atoms with Crippen LogP contribution in [0.5, 0.6) is 0 Å². The highest BCUT2D eigenvalue weighted by Crippen LogP contribution is 2.26. The monoisotopic (exact) mass is 1260 g/mol. The zero-order valence-corrected chi connectivity index (χ0v) is 54.8. The summed E-state index contributed by atoms with van der Waals surface area (Å²) >= 11 is 0. The zero-order valence-electron chi connectivity index (χ0n) is 54.0. The van der Waals surface area contributed by atoms with Crippen molar-refractivity contribution in [3.8, 4) is 0 Å². The van der Waals surface area contributed by atoms with Gasteiger partial charge in [-0.05, 0) is 140 Å². The second-order valence-corrected chi connectivity index (χ2v) is 27.9. The van der Waals surface area contributed by atoms with E-state index < -0.39 is 21.0 Å². The number of piperidine rings is 2. The summed E-state index contributed by atoms with van der Waals surface area (Å²) in [6, 6.07) is 15.0. The lowest BCUT2D eigenvalue weighted by Crippen LogP contribution is -2.50. The summed E-state index contributed by atoms with van der Waals surface area (Å²) < 4.78 is 49.3. The summed E-state index contributed by atoms with van der Waals surface area (Å²) in [5.41, 5.74) is 10.2. The van der Waals surface area contributed by atoms with Gasteiger partial charge in [0.1, 0.15) is 11.2 Å². The number of hydrogen-bond acceptors (Lipinski definition) is 20.